The lowest BCUT2D eigenvalue weighted by atomic mass is 10.0. The lowest BCUT2D eigenvalue weighted by molar-refractivity contribution is -0.141. The van der Waals surface area contributed by atoms with Crippen LogP contribution in [-0.2, 0) is 9.53 Å². The molecule has 2 aromatic carbocycles. The second-order valence-corrected chi connectivity index (χ2v) is 5.58. The van der Waals surface area contributed by atoms with Crippen molar-refractivity contribution in [2.75, 3.05) is 12.4 Å². The molecule has 120 valence electrons. The van der Waals surface area contributed by atoms with Gasteiger partial charge in [-0.3, -0.25) is 0 Å². The van der Waals surface area contributed by atoms with Crippen LogP contribution in [0.5, 0.6) is 0 Å². The van der Waals surface area contributed by atoms with Crippen molar-refractivity contribution in [3.63, 3.8) is 0 Å². The molecule has 1 heterocycles. The second kappa shape index (κ2) is 6.47. The van der Waals surface area contributed by atoms with Crippen LogP contribution in [0, 0.1) is 18.3 Å². The van der Waals surface area contributed by atoms with E-state index in [1.165, 1.54) is 7.11 Å². The maximum atomic E-state index is 12.3. The summed E-state index contributed by atoms with van der Waals surface area (Å²) in [5.74, 6) is -0.390. The van der Waals surface area contributed by atoms with Crippen molar-refractivity contribution in [3.8, 4) is 6.07 Å². The van der Waals surface area contributed by atoms with Crippen molar-refractivity contribution < 1.29 is 9.53 Å². The van der Waals surface area contributed by atoms with E-state index in [4.69, 9.17) is 10.00 Å². The third kappa shape index (κ3) is 2.95. The van der Waals surface area contributed by atoms with Crippen LogP contribution in [0.4, 0.5) is 5.69 Å². The van der Waals surface area contributed by atoms with Crippen molar-refractivity contribution in [3.05, 3.63) is 65.4 Å². The van der Waals surface area contributed by atoms with Gasteiger partial charge >= 0.3 is 5.97 Å². The number of carbonyl (C=O) groups is 1. The molecule has 0 saturated carbocycles. The fraction of sp³-hybridized carbons (Fsp3) is 0.158. The molecule has 1 atom stereocenters. The fourth-order valence-corrected chi connectivity index (χ4v) is 2.65. The van der Waals surface area contributed by atoms with Gasteiger partial charge in [-0.2, -0.15) is 5.26 Å². The predicted octanol–water partition coefficient (Wildman–Crippen LogP) is 3.67. The second-order valence-electron chi connectivity index (χ2n) is 5.58. The van der Waals surface area contributed by atoms with Crippen LogP contribution in [0.15, 0.2) is 48.7 Å². The van der Waals surface area contributed by atoms with Crippen molar-refractivity contribution >= 4 is 22.6 Å². The van der Waals surface area contributed by atoms with Crippen LogP contribution < -0.4 is 5.32 Å². The first-order valence-corrected chi connectivity index (χ1v) is 7.54. The molecule has 1 aromatic heterocycles. The van der Waals surface area contributed by atoms with Gasteiger partial charge in [0.05, 0.1) is 18.7 Å². The van der Waals surface area contributed by atoms with E-state index in [1.807, 2.05) is 37.3 Å². The summed E-state index contributed by atoms with van der Waals surface area (Å²) in [7, 11) is 1.36. The highest BCUT2D eigenvalue weighted by Gasteiger charge is 2.24. The molecule has 0 aliphatic rings. The summed E-state index contributed by atoms with van der Waals surface area (Å²) < 4.78 is 4.96. The van der Waals surface area contributed by atoms with Gasteiger partial charge in [-0.05, 0) is 37.3 Å². The van der Waals surface area contributed by atoms with Gasteiger partial charge in [0.15, 0.2) is 6.04 Å². The topological polar surface area (TPSA) is 77.9 Å². The summed E-state index contributed by atoms with van der Waals surface area (Å²) in [6.07, 6.45) is 1.77. The van der Waals surface area contributed by atoms with Crippen molar-refractivity contribution in [1.82, 2.24) is 4.98 Å². The lowest BCUT2D eigenvalue weighted by Crippen LogP contribution is -2.22. The Balaban J connectivity index is 2.04. The average Bonchev–Trinajstić information content (AvgIpc) is 3.03. The summed E-state index contributed by atoms with van der Waals surface area (Å²) in [6, 6.07) is 14.6. The zero-order valence-corrected chi connectivity index (χ0v) is 13.5. The molecule has 3 aromatic rings. The molecule has 0 radical (unpaired) electrons. The number of aromatic amines is 1. The zero-order chi connectivity index (χ0) is 17.1. The number of rotatable bonds is 4. The van der Waals surface area contributed by atoms with Crippen LogP contribution in [0.25, 0.3) is 10.9 Å². The predicted molar refractivity (Wildman–Crippen MR) is 92.6 cm³/mol. The first kappa shape index (κ1) is 15.6. The molecule has 3 rings (SSSR count). The summed E-state index contributed by atoms with van der Waals surface area (Å²) in [5.41, 5.74) is 4.11. The molecule has 0 bridgehead atoms. The number of carbonyl (C=O) groups excluding carboxylic acids is 1. The summed E-state index contributed by atoms with van der Waals surface area (Å²) in [6.45, 7) is 2.00. The molecule has 0 spiro atoms. The monoisotopic (exact) mass is 319 g/mol. The Hall–Kier alpha value is -3.26. The van der Waals surface area contributed by atoms with E-state index in [9.17, 15) is 4.79 Å². The minimum atomic E-state index is -0.666. The SMILES string of the molecule is COC(=O)C(Nc1ccc(C)cc1)c1c[nH]c2ccc(C#N)cc12. The van der Waals surface area contributed by atoms with Gasteiger partial charge in [-0.25, -0.2) is 4.79 Å². The van der Waals surface area contributed by atoms with E-state index in [1.54, 1.807) is 18.3 Å². The number of esters is 1. The van der Waals surface area contributed by atoms with Gasteiger partial charge in [-0.15, -0.1) is 0 Å². The molecule has 1 unspecified atom stereocenters. The third-order valence-electron chi connectivity index (χ3n) is 3.95. The summed E-state index contributed by atoms with van der Waals surface area (Å²) in [5, 5.41) is 13.1. The Bertz CT molecular complexity index is 920. The van der Waals surface area contributed by atoms with Crippen LogP contribution >= 0.6 is 0 Å². The highest BCUT2D eigenvalue weighted by molar-refractivity contribution is 5.92. The van der Waals surface area contributed by atoms with E-state index >= 15 is 0 Å². The number of fused-ring (bicyclic) bond motifs is 1. The Morgan fingerprint density at radius 3 is 2.67 bits per heavy atom. The number of nitrogens with zero attached hydrogens (tertiary/aromatic N) is 1. The molecule has 0 aliphatic heterocycles. The standard InChI is InChI=1S/C19H17N3O2/c1-12-3-6-14(7-4-12)22-18(19(23)24-2)16-11-21-17-8-5-13(10-20)9-15(16)17/h3-9,11,18,21-22H,1-2H3. The van der Waals surface area contributed by atoms with E-state index in [-0.39, 0.29) is 5.97 Å². The molecule has 5 nitrogen and oxygen atoms in total. The van der Waals surface area contributed by atoms with Gasteiger partial charge in [0, 0.05) is 28.4 Å². The summed E-state index contributed by atoms with van der Waals surface area (Å²) >= 11 is 0. The van der Waals surface area contributed by atoms with E-state index in [0.29, 0.717) is 5.56 Å². The first-order chi connectivity index (χ1) is 11.6. The Morgan fingerprint density at radius 1 is 1.25 bits per heavy atom. The van der Waals surface area contributed by atoms with Gasteiger partial charge in [0.2, 0.25) is 0 Å². The Morgan fingerprint density at radius 2 is 2.00 bits per heavy atom. The highest BCUT2D eigenvalue weighted by atomic mass is 16.5. The summed E-state index contributed by atoms with van der Waals surface area (Å²) in [4.78, 5) is 15.5. The number of H-pyrrole nitrogens is 1. The molecule has 24 heavy (non-hydrogen) atoms. The molecular formula is C19H17N3O2. The van der Waals surface area contributed by atoms with Crippen molar-refractivity contribution in [1.29, 1.82) is 5.26 Å². The average molecular weight is 319 g/mol. The fourth-order valence-electron chi connectivity index (χ4n) is 2.65. The van der Waals surface area contributed by atoms with Crippen molar-refractivity contribution in [2.45, 2.75) is 13.0 Å². The first-order valence-electron chi connectivity index (χ1n) is 7.54. The number of anilines is 1. The van der Waals surface area contributed by atoms with Crippen molar-refractivity contribution in [2.24, 2.45) is 0 Å². The van der Waals surface area contributed by atoms with Gasteiger partial charge < -0.3 is 15.0 Å². The van der Waals surface area contributed by atoms with E-state index in [2.05, 4.69) is 16.4 Å². The molecule has 0 fully saturated rings. The molecule has 0 aliphatic carbocycles. The molecule has 2 N–H and O–H groups in total. The quantitative estimate of drug-likeness (QED) is 0.719. The lowest BCUT2D eigenvalue weighted by Gasteiger charge is -2.17. The maximum Gasteiger partial charge on any atom is 0.333 e. The van der Waals surface area contributed by atoms with Crippen LogP contribution in [0.1, 0.15) is 22.7 Å². The number of nitrogens with one attached hydrogen (secondary N) is 2. The highest BCUT2D eigenvalue weighted by Crippen LogP contribution is 2.29. The van der Waals surface area contributed by atoms with Gasteiger partial charge in [-0.1, -0.05) is 17.7 Å². The number of aryl methyl sites for hydroxylation is 1. The number of benzene rings is 2. The number of hydrogen-bond donors (Lipinski definition) is 2. The number of nitriles is 1. The minimum Gasteiger partial charge on any atom is -0.467 e. The number of aromatic nitrogens is 1. The third-order valence-corrected chi connectivity index (χ3v) is 3.95. The Kier molecular flexibility index (Phi) is 4.21. The number of methoxy groups -OCH3 is 1. The van der Waals surface area contributed by atoms with E-state index in [0.717, 1.165) is 27.7 Å². The van der Waals surface area contributed by atoms with E-state index < -0.39 is 6.04 Å². The molecular weight excluding hydrogens is 302 g/mol. The van der Waals surface area contributed by atoms with Crippen LogP contribution in [0.3, 0.4) is 0 Å². The molecule has 5 heteroatoms. The van der Waals surface area contributed by atoms with Crippen LogP contribution in [-0.4, -0.2) is 18.1 Å². The van der Waals surface area contributed by atoms with Gasteiger partial charge in [0.25, 0.3) is 0 Å². The minimum absolute atomic E-state index is 0.390. The normalized spacial score (nSPS) is 11.7. The van der Waals surface area contributed by atoms with Crippen LogP contribution in [0.2, 0.25) is 0 Å². The zero-order valence-electron chi connectivity index (χ0n) is 13.5. The molecule has 0 saturated heterocycles. The largest absolute Gasteiger partial charge is 0.467 e. The smallest absolute Gasteiger partial charge is 0.333 e. The number of ether oxygens (including phenoxy) is 1. The Labute approximate surface area is 139 Å². The maximum absolute atomic E-state index is 12.3. The molecule has 0 amide bonds. The van der Waals surface area contributed by atoms with Gasteiger partial charge in [0.1, 0.15) is 0 Å². The number of hydrogen-bond acceptors (Lipinski definition) is 4.